The zero-order chi connectivity index (χ0) is 13.0. The highest BCUT2D eigenvalue weighted by atomic mass is 35.5. The maximum atomic E-state index is 8.86. The Balaban J connectivity index is 2.04. The SMILES string of the molecule is Cc1cc(NCc2ccc(Cl)cc2)ccc1C#N. The number of nitrogens with zero attached hydrogens (tertiary/aromatic N) is 1. The van der Waals surface area contributed by atoms with Crippen LogP contribution in [0, 0.1) is 18.3 Å². The first-order valence-corrected chi connectivity index (χ1v) is 6.06. The van der Waals surface area contributed by atoms with Crippen molar-refractivity contribution < 1.29 is 0 Å². The Hall–Kier alpha value is -1.98. The summed E-state index contributed by atoms with van der Waals surface area (Å²) in [4.78, 5) is 0. The molecule has 0 radical (unpaired) electrons. The summed E-state index contributed by atoms with van der Waals surface area (Å²) < 4.78 is 0. The third-order valence-electron chi connectivity index (χ3n) is 2.76. The second-order valence-electron chi connectivity index (χ2n) is 4.12. The maximum Gasteiger partial charge on any atom is 0.0994 e. The van der Waals surface area contributed by atoms with Crippen LogP contribution in [0.2, 0.25) is 5.02 Å². The minimum atomic E-state index is 0.715. The molecule has 2 aromatic rings. The van der Waals surface area contributed by atoms with Gasteiger partial charge in [0.25, 0.3) is 0 Å². The van der Waals surface area contributed by atoms with Gasteiger partial charge in [-0.2, -0.15) is 5.26 Å². The molecule has 0 aliphatic heterocycles. The molecule has 1 N–H and O–H groups in total. The molecule has 0 unspecified atom stereocenters. The van der Waals surface area contributed by atoms with Crippen LogP contribution in [0.4, 0.5) is 5.69 Å². The smallest absolute Gasteiger partial charge is 0.0994 e. The normalized spacial score (nSPS) is 9.83. The molecule has 18 heavy (non-hydrogen) atoms. The van der Waals surface area contributed by atoms with Gasteiger partial charge in [-0.3, -0.25) is 0 Å². The van der Waals surface area contributed by atoms with E-state index in [0.717, 1.165) is 22.8 Å². The third-order valence-corrected chi connectivity index (χ3v) is 3.01. The van der Waals surface area contributed by atoms with Crippen LogP contribution in [0.5, 0.6) is 0 Å². The summed E-state index contributed by atoms with van der Waals surface area (Å²) >= 11 is 5.83. The zero-order valence-corrected chi connectivity index (χ0v) is 10.8. The Labute approximate surface area is 112 Å². The van der Waals surface area contributed by atoms with Gasteiger partial charge in [-0.1, -0.05) is 23.7 Å². The summed E-state index contributed by atoms with van der Waals surface area (Å²) in [5.74, 6) is 0. The van der Waals surface area contributed by atoms with Gasteiger partial charge in [-0.25, -0.2) is 0 Å². The Morgan fingerprint density at radius 1 is 1.17 bits per heavy atom. The minimum Gasteiger partial charge on any atom is -0.381 e. The average molecular weight is 257 g/mol. The van der Waals surface area contributed by atoms with Gasteiger partial charge in [0.15, 0.2) is 0 Å². The van der Waals surface area contributed by atoms with Crippen LogP contribution in [0.1, 0.15) is 16.7 Å². The summed E-state index contributed by atoms with van der Waals surface area (Å²) in [6.07, 6.45) is 0. The van der Waals surface area contributed by atoms with Gasteiger partial charge in [0, 0.05) is 17.3 Å². The number of halogens is 1. The van der Waals surface area contributed by atoms with Gasteiger partial charge in [-0.05, 0) is 48.4 Å². The van der Waals surface area contributed by atoms with Crippen molar-refractivity contribution >= 4 is 17.3 Å². The quantitative estimate of drug-likeness (QED) is 0.896. The molecule has 0 aliphatic carbocycles. The Bertz CT molecular complexity index is 582. The standard InChI is InChI=1S/C15H13ClN2/c1-11-8-15(7-4-13(11)9-17)18-10-12-2-5-14(16)6-3-12/h2-8,18H,10H2,1H3. The number of anilines is 1. The van der Waals surface area contributed by atoms with E-state index in [1.165, 1.54) is 5.56 Å². The predicted octanol–water partition coefficient (Wildman–Crippen LogP) is 4.13. The summed E-state index contributed by atoms with van der Waals surface area (Å²) in [7, 11) is 0. The molecule has 2 nitrogen and oxygen atoms in total. The van der Waals surface area contributed by atoms with Crippen molar-refractivity contribution in [3.8, 4) is 6.07 Å². The third kappa shape index (κ3) is 3.03. The number of nitrogens with one attached hydrogen (secondary N) is 1. The van der Waals surface area contributed by atoms with Crippen LogP contribution >= 0.6 is 11.6 Å². The molecular weight excluding hydrogens is 244 g/mol. The summed E-state index contributed by atoms with van der Waals surface area (Å²) in [6, 6.07) is 15.6. The van der Waals surface area contributed by atoms with Gasteiger partial charge in [-0.15, -0.1) is 0 Å². The lowest BCUT2D eigenvalue weighted by atomic mass is 10.1. The molecule has 0 heterocycles. The largest absolute Gasteiger partial charge is 0.381 e. The van der Waals surface area contributed by atoms with E-state index in [9.17, 15) is 0 Å². The fourth-order valence-electron chi connectivity index (χ4n) is 1.71. The number of hydrogen-bond acceptors (Lipinski definition) is 2. The van der Waals surface area contributed by atoms with Crippen LogP contribution in [0.3, 0.4) is 0 Å². The second-order valence-corrected chi connectivity index (χ2v) is 4.56. The molecule has 0 saturated heterocycles. The number of benzene rings is 2. The Morgan fingerprint density at radius 3 is 2.50 bits per heavy atom. The first-order chi connectivity index (χ1) is 8.69. The molecular formula is C15H13ClN2. The van der Waals surface area contributed by atoms with Gasteiger partial charge in [0.05, 0.1) is 11.6 Å². The topological polar surface area (TPSA) is 35.8 Å². The van der Waals surface area contributed by atoms with Crippen molar-refractivity contribution in [3.63, 3.8) is 0 Å². The van der Waals surface area contributed by atoms with E-state index in [0.29, 0.717) is 5.56 Å². The van der Waals surface area contributed by atoms with Crippen LogP contribution < -0.4 is 5.32 Å². The van der Waals surface area contributed by atoms with Gasteiger partial charge in [0.2, 0.25) is 0 Å². The molecule has 2 aromatic carbocycles. The van der Waals surface area contributed by atoms with Crippen LogP contribution in [-0.2, 0) is 6.54 Å². The van der Waals surface area contributed by atoms with Crippen molar-refractivity contribution in [1.29, 1.82) is 5.26 Å². The molecule has 0 saturated carbocycles. The van der Waals surface area contributed by atoms with Crippen LogP contribution in [-0.4, -0.2) is 0 Å². The first-order valence-electron chi connectivity index (χ1n) is 5.68. The fourth-order valence-corrected chi connectivity index (χ4v) is 1.83. The van der Waals surface area contributed by atoms with E-state index in [1.807, 2.05) is 49.4 Å². The van der Waals surface area contributed by atoms with Crippen molar-refractivity contribution in [3.05, 3.63) is 64.2 Å². The van der Waals surface area contributed by atoms with Gasteiger partial charge in [0.1, 0.15) is 0 Å². The summed E-state index contributed by atoms with van der Waals surface area (Å²) in [5, 5.41) is 12.9. The van der Waals surface area contributed by atoms with Crippen molar-refractivity contribution in [2.75, 3.05) is 5.32 Å². The Morgan fingerprint density at radius 2 is 1.89 bits per heavy atom. The fraction of sp³-hybridized carbons (Fsp3) is 0.133. The highest BCUT2D eigenvalue weighted by Gasteiger charge is 1.99. The molecule has 2 rings (SSSR count). The first kappa shape index (κ1) is 12.5. The maximum absolute atomic E-state index is 8.86. The Kier molecular flexibility index (Phi) is 3.86. The van der Waals surface area contributed by atoms with Crippen molar-refractivity contribution in [1.82, 2.24) is 0 Å². The predicted molar refractivity (Wildman–Crippen MR) is 74.7 cm³/mol. The van der Waals surface area contributed by atoms with E-state index in [1.54, 1.807) is 0 Å². The lowest BCUT2D eigenvalue weighted by molar-refractivity contribution is 1.15. The summed E-state index contributed by atoms with van der Waals surface area (Å²) in [6.45, 7) is 2.68. The van der Waals surface area contributed by atoms with Crippen LogP contribution in [0.25, 0.3) is 0 Å². The van der Waals surface area contributed by atoms with Crippen molar-refractivity contribution in [2.24, 2.45) is 0 Å². The number of aryl methyl sites for hydroxylation is 1. The highest BCUT2D eigenvalue weighted by molar-refractivity contribution is 6.30. The summed E-state index contributed by atoms with van der Waals surface area (Å²) in [5.41, 5.74) is 3.88. The molecule has 3 heteroatoms. The van der Waals surface area contributed by atoms with E-state index >= 15 is 0 Å². The number of hydrogen-bond donors (Lipinski definition) is 1. The molecule has 0 amide bonds. The number of rotatable bonds is 3. The van der Waals surface area contributed by atoms with Crippen molar-refractivity contribution in [2.45, 2.75) is 13.5 Å². The van der Waals surface area contributed by atoms with Crippen LogP contribution in [0.15, 0.2) is 42.5 Å². The molecule has 90 valence electrons. The van der Waals surface area contributed by atoms with E-state index in [2.05, 4.69) is 11.4 Å². The molecule has 0 aromatic heterocycles. The number of nitriles is 1. The average Bonchev–Trinajstić information content (AvgIpc) is 2.38. The van der Waals surface area contributed by atoms with E-state index < -0.39 is 0 Å². The van der Waals surface area contributed by atoms with E-state index in [4.69, 9.17) is 16.9 Å². The molecule has 0 fully saturated rings. The lowest BCUT2D eigenvalue weighted by Crippen LogP contribution is -1.99. The lowest BCUT2D eigenvalue weighted by Gasteiger charge is -2.08. The van der Waals surface area contributed by atoms with Gasteiger partial charge >= 0.3 is 0 Å². The molecule has 0 spiro atoms. The minimum absolute atomic E-state index is 0.715. The highest BCUT2D eigenvalue weighted by Crippen LogP contribution is 2.16. The zero-order valence-electron chi connectivity index (χ0n) is 10.1. The monoisotopic (exact) mass is 256 g/mol. The second kappa shape index (κ2) is 5.57. The molecule has 0 aliphatic rings. The van der Waals surface area contributed by atoms with E-state index in [-0.39, 0.29) is 0 Å². The molecule has 0 bridgehead atoms. The molecule has 0 atom stereocenters. The van der Waals surface area contributed by atoms with Gasteiger partial charge < -0.3 is 5.32 Å².